The van der Waals surface area contributed by atoms with Crippen LogP contribution in [0.25, 0.3) is 0 Å². The number of unbranched alkanes of at least 4 members (excludes halogenated alkanes) is 28. The van der Waals surface area contributed by atoms with E-state index in [1.54, 1.807) is 0 Å². The number of allylic oxidation sites excluding steroid dienone is 10. The summed E-state index contributed by atoms with van der Waals surface area (Å²) in [5.41, 5.74) is 0. The van der Waals surface area contributed by atoms with Crippen molar-refractivity contribution >= 4 is 17.9 Å². The zero-order valence-electron chi connectivity index (χ0n) is 41.6. The van der Waals surface area contributed by atoms with E-state index >= 15 is 0 Å². The predicted octanol–water partition coefficient (Wildman–Crippen LogP) is 17.6. The average molecular weight is 881 g/mol. The Morgan fingerprint density at radius 1 is 0.333 bits per heavy atom. The van der Waals surface area contributed by atoms with Gasteiger partial charge in [-0.25, -0.2) is 0 Å². The van der Waals surface area contributed by atoms with Gasteiger partial charge in [-0.2, -0.15) is 0 Å². The van der Waals surface area contributed by atoms with Gasteiger partial charge in [0, 0.05) is 19.3 Å². The van der Waals surface area contributed by atoms with Gasteiger partial charge in [0.15, 0.2) is 6.10 Å². The molecule has 0 saturated heterocycles. The fourth-order valence-electron chi connectivity index (χ4n) is 7.40. The first kappa shape index (κ1) is 60.1. The van der Waals surface area contributed by atoms with Crippen LogP contribution >= 0.6 is 0 Å². The van der Waals surface area contributed by atoms with Crippen molar-refractivity contribution in [1.29, 1.82) is 0 Å². The van der Waals surface area contributed by atoms with Crippen LogP contribution in [0.3, 0.4) is 0 Å². The lowest BCUT2D eigenvalue weighted by molar-refractivity contribution is -0.167. The van der Waals surface area contributed by atoms with Crippen molar-refractivity contribution in [3.63, 3.8) is 0 Å². The molecule has 0 aliphatic heterocycles. The predicted molar refractivity (Wildman–Crippen MR) is 270 cm³/mol. The van der Waals surface area contributed by atoms with Gasteiger partial charge < -0.3 is 14.2 Å². The third kappa shape index (κ3) is 50.0. The summed E-state index contributed by atoms with van der Waals surface area (Å²) in [6, 6.07) is 0. The average Bonchev–Trinajstić information content (AvgIpc) is 3.28. The molecule has 0 amide bonds. The third-order valence-electron chi connectivity index (χ3n) is 11.5. The quantitative estimate of drug-likeness (QED) is 0.0199. The minimum Gasteiger partial charge on any atom is -0.462 e. The Morgan fingerprint density at radius 2 is 0.619 bits per heavy atom. The van der Waals surface area contributed by atoms with Crippen molar-refractivity contribution in [2.24, 2.45) is 0 Å². The highest BCUT2D eigenvalue weighted by Gasteiger charge is 2.19. The number of hydrogen-bond donors (Lipinski definition) is 0. The molecule has 0 aliphatic carbocycles. The number of ether oxygens (including phenoxy) is 3. The molecule has 0 bridgehead atoms. The molecule has 0 aliphatic rings. The molecule has 0 saturated carbocycles. The van der Waals surface area contributed by atoms with E-state index in [4.69, 9.17) is 14.2 Å². The summed E-state index contributed by atoms with van der Waals surface area (Å²) in [4.78, 5) is 38.0. The second-order valence-electron chi connectivity index (χ2n) is 17.8. The fraction of sp³-hybridized carbons (Fsp3) is 0.772. The van der Waals surface area contributed by atoms with Crippen LogP contribution < -0.4 is 0 Å². The van der Waals surface area contributed by atoms with Gasteiger partial charge in [-0.1, -0.05) is 204 Å². The van der Waals surface area contributed by atoms with E-state index in [2.05, 4.69) is 81.5 Å². The summed E-state index contributed by atoms with van der Waals surface area (Å²) in [6.07, 6.45) is 63.4. The number of carbonyl (C=O) groups excluding carboxylic acids is 3. The molecule has 6 heteroatoms. The maximum absolute atomic E-state index is 12.8. The van der Waals surface area contributed by atoms with Gasteiger partial charge in [0.1, 0.15) is 13.2 Å². The van der Waals surface area contributed by atoms with E-state index in [1.807, 2.05) is 0 Å². The van der Waals surface area contributed by atoms with Crippen LogP contribution in [0, 0.1) is 0 Å². The van der Waals surface area contributed by atoms with Crippen LogP contribution in [0.15, 0.2) is 60.8 Å². The first-order valence-corrected chi connectivity index (χ1v) is 26.8. The molecule has 6 nitrogen and oxygen atoms in total. The topological polar surface area (TPSA) is 78.9 Å². The van der Waals surface area contributed by atoms with Crippen molar-refractivity contribution < 1.29 is 28.6 Å². The molecule has 0 aromatic rings. The Labute approximate surface area is 390 Å². The molecule has 63 heavy (non-hydrogen) atoms. The maximum Gasteiger partial charge on any atom is 0.306 e. The van der Waals surface area contributed by atoms with Gasteiger partial charge in [0.25, 0.3) is 0 Å². The van der Waals surface area contributed by atoms with Crippen LogP contribution in [0.5, 0.6) is 0 Å². The number of hydrogen-bond acceptors (Lipinski definition) is 6. The lowest BCUT2D eigenvalue weighted by Gasteiger charge is -2.18. The molecule has 0 N–H and O–H groups in total. The number of rotatable bonds is 48. The molecule has 1 unspecified atom stereocenters. The van der Waals surface area contributed by atoms with E-state index in [1.165, 1.54) is 135 Å². The minimum atomic E-state index is -0.793. The Morgan fingerprint density at radius 3 is 1.03 bits per heavy atom. The summed E-state index contributed by atoms with van der Waals surface area (Å²) in [7, 11) is 0. The summed E-state index contributed by atoms with van der Waals surface area (Å²) in [5, 5.41) is 0. The largest absolute Gasteiger partial charge is 0.462 e. The Hall–Kier alpha value is -2.89. The van der Waals surface area contributed by atoms with E-state index in [0.29, 0.717) is 19.3 Å². The van der Waals surface area contributed by atoms with Gasteiger partial charge in [0.05, 0.1) is 0 Å². The molecular formula is C57H100O6. The first-order chi connectivity index (χ1) is 31.0. The van der Waals surface area contributed by atoms with Crippen molar-refractivity contribution in [2.45, 2.75) is 271 Å². The van der Waals surface area contributed by atoms with Crippen LogP contribution in [-0.4, -0.2) is 37.2 Å². The lowest BCUT2D eigenvalue weighted by Crippen LogP contribution is -2.30. The van der Waals surface area contributed by atoms with Crippen molar-refractivity contribution in [3.8, 4) is 0 Å². The fourth-order valence-corrected chi connectivity index (χ4v) is 7.40. The molecule has 0 spiro atoms. The van der Waals surface area contributed by atoms with Crippen LogP contribution in [-0.2, 0) is 28.6 Å². The minimum absolute atomic E-state index is 0.0914. The van der Waals surface area contributed by atoms with Crippen molar-refractivity contribution in [1.82, 2.24) is 0 Å². The second-order valence-corrected chi connectivity index (χ2v) is 17.8. The molecule has 0 aromatic carbocycles. The second kappa shape index (κ2) is 51.7. The summed E-state index contributed by atoms with van der Waals surface area (Å²) in [6.45, 7) is 6.56. The zero-order valence-corrected chi connectivity index (χ0v) is 41.6. The highest BCUT2D eigenvalue weighted by Crippen LogP contribution is 2.14. The van der Waals surface area contributed by atoms with Crippen LogP contribution in [0.1, 0.15) is 265 Å². The molecule has 0 radical (unpaired) electrons. The maximum atomic E-state index is 12.8. The highest BCUT2D eigenvalue weighted by atomic mass is 16.6. The van der Waals surface area contributed by atoms with Gasteiger partial charge in [0.2, 0.25) is 0 Å². The SMILES string of the molecule is CCCCC/C=C\C/C=C\CCCCCCCCCC(=O)OCC(COC(=O)CCCCCCC/C=C\CCCCC)OC(=O)CCCCC/C=C\C=C/CCCCCCCCC. The highest BCUT2D eigenvalue weighted by molar-refractivity contribution is 5.71. The molecule has 1 atom stereocenters. The monoisotopic (exact) mass is 881 g/mol. The third-order valence-corrected chi connectivity index (χ3v) is 11.5. The Bertz CT molecular complexity index is 1150. The molecule has 0 aromatic heterocycles. The molecule has 0 fully saturated rings. The summed E-state index contributed by atoms with van der Waals surface area (Å²) in [5.74, 6) is -0.929. The smallest absolute Gasteiger partial charge is 0.306 e. The molecular weight excluding hydrogens is 781 g/mol. The van der Waals surface area contributed by atoms with E-state index in [9.17, 15) is 14.4 Å². The molecule has 364 valence electrons. The van der Waals surface area contributed by atoms with Crippen LogP contribution in [0.4, 0.5) is 0 Å². The van der Waals surface area contributed by atoms with Crippen molar-refractivity contribution in [3.05, 3.63) is 60.8 Å². The Balaban J connectivity index is 4.43. The molecule has 0 rings (SSSR count). The van der Waals surface area contributed by atoms with Gasteiger partial charge in [-0.05, 0) is 103 Å². The van der Waals surface area contributed by atoms with Crippen molar-refractivity contribution in [2.75, 3.05) is 13.2 Å². The number of carbonyl (C=O) groups is 3. The normalized spacial score (nSPS) is 12.5. The zero-order chi connectivity index (χ0) is 45.8. The van der Waals surface area contributed by atoms with Gasteiger partial charge in [-0.3, -0.25) is 14.4 Å². The van der Waals surface area contributed by atoms with E-state index in [0.717, 1.165) is 89.9 Å². The first-order valence-electron chi connectivity index (χ1n) is 26.8. The standard InChI is InChI=1S/C57H100O6/c1-4-7-10-13-16-19-22-25-27-29-31-32-35-38-41-44-47-50-56(59)62-53-54(52-61-55(58)49-46-43-40-37-34-24-21-18-15-12-9-6-3)63-57(60)51-48-45-42-39-36-33-30-28-26-23-20-17-14-11-8-5-2/h16,18-19,21,25,27-28,30,33,36,54H,4-15,17,20,22-24,26,29,31-32,34-35,37-53H2,1-3H3/b19-16-,21-18-,27-25-,30-28-,36-33-. The summed E-state index contributed by atoms with van der Waals surface area (Å²) < 4.78 is 16.8. The Kier molecular flexibility index (Phi) is 49.4. The summed E-state index contributed by atoms with van der Waals surface area (Å²) >= 11 is 0. The van der Waals surface area contributed by atoms with E-state index < -0.39 is 6.10 Å². The van der Waals surface area contributed by atoms with Gasteiger partial charge in [-0.15, -0.1) is 0 Å². The van der Waals surface area contributed by atoms with Gasteiger partial charge >= 0.3 is 17.9 Å². The van der Waals surface area contributed by atoms with E-state index in [-0.39, 0.29) is 31.1 Å². The lowest BCUT2D eigenvalue weighted by atomic mass is 10.1. The number of esters is 3. The molecule has 0 heterocycles. The van der Waals surface area contributed by atoms with Crippen LogP contribution in [0.2, 0.25) is 0 Å².